The molecule has 2 aromatic carbocycles. The van der Waals surface area contributed by atoms with E-state index < -0.39 is 10.0 Å². The highest BCUT2D eigenvalue weighted by molar-refractivity contribution is 7.89. The van der Waals surface area contributed by atoms with Gasteiger partial charge in [-0.3, -0.25) is 4.99 Å². The molecule has 152 valence electrons. The molecule has 0 fully saturated rings. The zero-order valence-electron chi connectivity index (χ0n) is 16.4. The Bertz CT molecular complexity index is 930. The zero-order chi connectivity index (χ0) is 20.6. The number of sulfonamides is 1. The van der Waals surface area contributed by atoms with Gasteiger partial charge in [-0.25, -0.2) is 17.5 Å². The fraction of sp³-hybridized carbons (Fsp3) is 0.350. The summed E-state index contributed by atoms with van der Waals surface area (Å²) in [5, 5.41) is 6.12. The summed E-state index contributed by atoms with van der Waals surface area (Å²) < 4.78 is 41.1. The quantitative estimate of drug-likeness (QED) is 0.356. The molecule has 0 aliphatic rings. The van der Waals surface area contributed by atoms with Crippen LogP contribution < -0.4 is 15.4 Å². The average molecular weight is 407 g/mol. The van der Waals surface area contributed by atoms with E-state index in [4.69, 9.17) is 0 Å². The van der Waals surface area contributed by atoms with Crippen molar-refractivity contribution in [2.45, 2.75) is 25.2 Å². The number of nitrogens with zero attached hydrogens (tertiary/aromatic N) is 1. The fourth-order valence-corrected chi connectivity index (χ4v) is 4.04. The molecule has 2 rings (SSSR count). The first-order valence-corrected chi connectivity index (χ1v) is 10.6. The lowest BCUT2D eigenvalue weighted by Crippen LogP contribution is -2.42. The van der Waals surface area contributed by atoms with Crippen LogP contribution in [0.4, 0.5) is 4.39 Å². The minimum Gasteiger partial charge on any atom is -0.356 e. The number of guanidine groups is 1. The lowest BCUT2D eigenvalue weighted by atomic mass is 10.1. The van der Waals surface area contributed by atoms with Crippen molar-refractivity contribution in [3.8, 4) is 0 Å². The van der Waals surface area contributed by atoms with E-state index in [1.165, 1.54) is 6.07 Å². The number of hydrogen-bond acceptors (Lipinski definition) is 3. The van der Waals surface area contributed by atoms with Crippen LogP contribution in [-0.4, -0.2) is 41.1 Å². The monoisotopic (exact) mass is 406 g/mol. The van der Waals surface area contributed by atoms with Crippen molar-refractivity contribution in [2.24, 2.45) is 4.99 Å². The third-order valence-electron chi connectivity index (χ3n) is 4.21. The summed E-state index contributed by atoms with van der Waals surface area (Å²) >= 11 is 0. The van der Waals surface area contributed by atoms with Crippen molar-refractivity contribution < 1.29 is 12.8 Å². The van der Waals surface area contributed by atoms with E-state index in [0.717, 1.165) is 5.56 Å². The van der Waals surface area contributed by atoms with Crippen LogP contribution >= 0.6 is 0 Å². The Morgan fingerprint density at radius 3 is 2.46 bits per heavy atom. The maximum absolute atomic E-state index is 13.6. The summed E-state index contributed by atoms with van der Waals surface area (Å²) in [4.78, 5) is 4.37. The van der Waals surface area contributed by atoms with Crippen molar-refractivity contribution in [2.75, 3.05) is 26.7 Å². The molecule has 0 aliphatic heterocycles. The van der Waals surface area contributed by atoms with Gasteiger partial charge in [0.05, 0.1) is 4.90 Å². The lowest BCUT2D eigenvalue weighted by Gasteiger charge is -2.13. The number of hydrogen-bond donors (Lipinski definition) is 3. The van der Waals surface area contributed by atoms with E-state index in [1.54, 1.807) is 44.3 Å². The van der Waals surface area contributed by atoms with Crippen LogP contribution in [0.3, 0.4) is 0 Å². The highest BCUT2D eigenvalue weighted by Crippen LogP contribution is 2.16. The van der Waals surface area contributed by atoms with Crippen LogP contribution in [0.5, 0.6) is 0 Å². The minimum atomic E-state index is -3.57. The highest BCUT2D eigenvalue weighted by Gasteiger charge is 2.16. The van der Waals surface area contributed by atoms with Gasteiger partial charge in [-0.05, 0) is 49.1 Å². The van der Waals surface area contributed by atoms with Crippen LogP contribution in [0, 0.1) is 19.7 Å². The number of benzene rings is 2. The summed E-state index contributed by atoms with van der Waals surface area (Å²) in [5.41, 5.74) is 2.23. The molecule has 0 atom stereocenters. The third-order valence-corrected chi connectivity index (χ3v) is 5.81. The Morgan fingerprint density at radius 2 is 1.75 bits per heavy atom. The van der Waals surface area contributed by atoms with Crippen LogP contribution in [0.25, 0.3) is 0 Å². The number of aryl methyl sites for hydroxylation is 2. The van der Waals surface area contributed by atoms with Gasteiger partial charge in [-0.2, -0.15) is 0 Å². The van der Waals surface area contributed by atoms with Crippen LogP contribution in [0.15, 0.2) is 52.4 Å². The maximum Gasteiger partial charge on any atom is 0.240 e. The third kappa shape index (κ3) is 6.31. The SMILES string of the molecule is CN=C(NCCNS(=O)(=O)c1cc(C)ccc1C)NCCc1ccccc1F. The molecule has 28 heavy (non-hydrogen) atoms. The molecule has 0 saturated heterocycles. The Hall–Kier alpha value is -2.45. The molecule has 0 aromatic heterocycles. The smallest absolute Gasteiger partial charge is 0.240 e. The van der Waals surface area contributed by atoms with Gasteiger partial charge in [0.25, 0.3) is 0 Å². The van der Waals surface area contributed by atoms with Crippen molar-refractivity contribution >= 4 is 16.0 Å². The Kier molecular flexibility index (Phi) is 7.95. The van der Waals surface area contributed by atoms with Gasteiger partial charge in [-0.1, -0.05) is 30.3 Å². The Labute approximate surface area is 166 Å². The average Bonchev–Trinajstić information content (AvgIpc) is 2.67. The molecule has 0 heterocycles. The van der Waals surface area contributed by atoms with Crippen molar-refractivity contribution in [3.63, 3.8) is 0 Å². The Morgan fingerprint density at radius 1 is 1.04 bits per heavy atom. The second-order valence-electron chi connectivity index (χ2n) is 6.43. The van der Waals surface area contributed by atoms with Crippen LogP contribution in [0.1, 0.15) is 16.7 Å². The van der Waals surface area contributed by atoms with Gasteiger partial charge in [0.15, 0.2) is 5.96 Å². The van der Waals surface area contributed by atoms with E-state index in [-0.39, 0.29) is 12.4 Å². The molecule has 0 aliphatic carbocycles. The highest BCUT2D eigenvalue weighted by atomic mass is 32.2. The first-order chi connectivity index (χ1) is 13.3. The molecule has 8 heteroatoms. The van der Waals surface area contributed by atoms with E-state index >= 15 is 0 Å². The van der Waals surface area contributed by atoms with Gasteiger partial charge in [0.2, 0.25) is 10.0 Å². The number of halogens is 1. The van der Waals surface area contributed by atoms with E-state index in [2.05, 4.69) is 20.3 Å². The standard InChI is InChI=1S/C20H27FN4O2S/c1-15-8-9-16(2)19(14-15)28(26,27)25-13-12-24-20(22-3)23-11-10-17-6-4-5-7-18(17)21/h4-9,14,25H,10-13H2,1-3H3,(H2,22,23,24). The van der Waals surface area contributed by atoms with Crippen molar-refractivity contribution in [1.82, 2.24) is 15.4 Å². The summed E-state index contributed by atoms with van der Waals surface area (Å²) in [6.45, 7) is 4.71. The summed E-state index contributed by atoms with van der Waals surface area (Å²) in [6.07, 6.45) is 0.520. The van der Waals surface area contributed by atoms with E-state index in [1.807, 2.05) is 13.0 Å². The molecule has 0 radical (unpaired) electrons. The predicted molar refractivity (Wildman–Crippen MR) is 111 cm³/mol. The van der Waals surface area contributed by atoms with Gasteiger partial charge in [-0.15, -0.1) is 0 Å². The lowest BCUT2D eigenvalue weighted by molar-refractivity contribution is 0.579. The molecule has 0 unspecified atom stereocenters. The molecule has 0 bridgehead atoms. The molecular weight excluding hydrogens is 379 g/mol. The fourth-order valence-electron chi connectivity index (χ4n) is 2.68. The maximum atomic E-state index is 13.6. The predicted octanol–water partition coefficient (Wildman–Crippen LogP) is 2.13. The van der Waals surface area contributed by atoms with Crippen molar-refractivity contribution in [1.29, 1.82) is 0 Å². The molecule has 0 saturated carbocycles. The molecule has 0 amide bonds. The van der Waals surface area contributed by atoms with E-state index in [0.29, 0.717) is 41.5 Å². The normalized spacial score (nSPS) is 12.1. The summed E-state index contributed by atoms with van der Waals surface area (Å²) in [5.74, 6) is 0.301. The Balaban J connectivity index is 1.78. The number of aliphatic imine (C=N–C) groups is 1. The zero-order valence-corrected chi connectivity index (χ0v) is 17.2. The van der Waals surface area contributed by atoms with Gasteiger partial charge < -0.3 is 10.6 Å². The van der Waals surface area contributed by atoms with Gasteiger partial charge >= 0.3 is 0 Å². The summed E-state index contributed by atoms with van der Waals surface area (Å²) in [7, 11) is -1.94. The van der Waals surface area contributed by atoms with Crippen molar-refractivity contribution in [3.05, 3.63) is 65.0 Å². The first kappa shape index (κ1) is 21.8. The van der Waals surface area contributed by atoms with Crippen LogP contribution in [-0.2, 0) is 16.4 Å². The van der Waals surface area contributed by atoms with E-state index in [9.17, 15) is 12.8 Å². The van der Waals surface area contributed by atoms with Gasteiger partial charge in [0.1, 0.15) is 5.82 Å². The number of nitrogens with one attached hydrogen (secondary N) is 3. The topological polar surface area (TPSA) is 82.6 Å². The molecular formula is C20H27FN4O2S. The second kappa shape index (κ2) is 10.2. The molecule has 3 N–H and O–H groups in total. The number of rotatable bonds is 8. The van der Waals surface area contributed by atoms with Crippen LogP contribution in [0.2, 0.25) is 0 Å². The largest absolute Gasteiger partial charge is 0.356 e. The van der Waals surface area contributed by atoms with Gasteiger partial charge in [0, 0.05) is 26.7 Å². The minimum absolute atomic E-state index is 0.212. The summed E-state index contributed by atoms with van der Waals surface area (Å²) in [6, 6.07) is 12.0. The molecule has 6 nitrogen and oxygen atoms in total. The molecule has 0 spiro atoms. The molecule has 2 aromatic rings. The second-order valence-corrected chi connectivity index (χ2v) is 8.17. The first-order valence-electron chi connectivity index (χ1n) is 9.08.